The van der Waals surface area contributed by atoms with Crippen LogP contribution < -0.4 is 5.32 Å². The third-order valence-electron chi connectivity index (χ3n) is 5.83. The fourth-order valence-electron chi connectivity index (χ4n) is 4.46. The second-order valence-corrected chi connectivity index (χ2v) is 7.97. The van der Waals surface area contributed by atoms with E-state index in [1.165, 1.54) is 37.7 Å². The minimum atomic E-state index is 0.0274. The highest BCUT2D eigenvalue weighted by Gasteiger charge is 2.39. The van der Waals surface area contributed by atoms with Crippen molar-refractivity contribution in [3.8, 4) is 0 Å². The van der Waals surface area contributed by atoms with Gasteiger partial charge in [0, 0.05) is 37.8 Å². The van der Waals surface area contributed by atoms with Crippen molar-refractivity contribution in [3.05, 3.63) is 54.1 Å². The van der Waals surface area contributed by atoms with Crippen molar-refractivity contribution in [2.24, 2.45) is 0 Å². The van der Waals surface area contributed by atoms with E-state index in [1.807, 2.05) is 18.3 Å². The molecule has 0 amide bonds. The van der Waals surface area contributed by atoms with E-state index in [0.29, 0.717) is 12.5 Å². The number of thiocarbonyl (C=S) groups is 1. The van der Waals surface area contributed by atoms with Crippen molar-refractivity contribution in [2.75, 3.05) is 13.2 Å². The molecular weight excluding hydrogens is 356 g/mol. The maximum atomic E-state index is 9.32. The lowest BCUT2D eigenvalue weighted by molar-refractivity contribution is 0.247. The van der Waals surface area contributed by atoms with E-state index in [2.05, 4.69) is 44.3 Å². The Morgan fingerprint density at radius 1 is 1.19 bits per heavy atom. The fourth-order valence-corrected chi connectivity index (χ4v) is 4.79. The Hall–Kier alpha value is -1.92. The minimum Gasteiger partial charge on any atom is -0.396 e. The highest BCUT2D eigenvalue weighted by Crippen LogP contribution is 2.39. The number of hydrogen-bond acceptors (Lipinski definition) is 3. The molecule has 1 saturated carbocycles. The van der Waals surface area contributed by atoms with E-state index in [4.69, 9.17) is 12.2 Å². The topological polar surface area (TPSA) is 53.3 Å². The van der Waals surface area contributed by atoms with Crippen LogP contribution in [0.3, 0.4) is 0 Å². The summed E-state index contributed by atoms with van der Waals surface area (Å²) in [7, 11) is 0. The number of hydrogen-bond donors (Lipinski definition) is 2. The molecule has 2 N–H and O–H groups in total. The van der Waals surface area contributed by atoms with Gasteiger partial charge in [-0.05, 0) is 55.2 Å². The standard InChI is InChI=1S/C21H28N4OS/c26-14-6-12-25-20(19(23-21(25)27)18-9-4-5-11-22-18)16-10-13-24(15-16)17-7-2-1-3-8-17/h4-5,9-11,13,15,17,19-20,26H,1-3,6-8,12,14H2,(H,23,27)/t19-,20+/m1/s1. The Morgan fingerprint density at radius 3 is 2.78 bits per heavy atom. The molecule has 27 heavy (non-hydrogen) atoms. The number of nitrogens with zero attached hydrogens (tertiary/aromatic N) is 3. The van der Waals surface area contributed by atoms with E-state index in [0.717, 1.165) is 17.4 Å². The Balaban J connectivity index is 1.64. The average Bonchev–Trinajstić information content (AvgIpc) is 3.32. The van der Waals surface area contributed by atoms with Gasteiger partial charge in [-0.1, -0.05) is 25.3 Å². The predicted molar refractivity (Wildman–Crippen MR) is 110 cm³/mol. The van der Waals surface area contributed by atoms with Gasteiger partial charge in [-0.2, -0.15) is 0 Å². The predicted octanol–water partition coefficient (Wildman–Crippen LogP) is 3.74. The number of pyridine rings is 1. The zero-order chi connectivity index (χ0) is 18.6. The highest BCUT2D eigenvalue weighted by molar-refractivity contribution is 7.80. The maximum absolute atomic E-state index is 9.32. The first kappa shape index (κ1) is 18.4. The molecule has 0 radical (unpaired) electrons. The fraction of sp³-hybridized carbons (Fsp3) is 0.524. The Bertz CT molecular complexity index is 757. The minimum absolute atomic E-state index is 0.0274. The summed E-state index contributed by atoms with van der Waals surface area (Å²) in [6, 6.07) is 9.00. The van der Waals surface area contributed by atoms with Crippen molar-refractivity contribution in [3.63, 3.8) is 0 Å². The van der Waals surface area contributed by atoms with Crippen molar-refractivity contribution in [1.29, 1.82) is 0 Å². The molecule has 2 aromatic rings. The van der Waals surface area contributed by atoms with Crippen LogP contribution in [0.4, 0.5) is 0 Å². The number of nitrogens with one attached hydrogen (secondary N) is 1. The number of rotatable bonds is 6. The lowest BCUT2D eigenvalue weighted by atomic mass is 9.95. The summed E-state index contributed by atoms with van der Waals surface area (Å²) in [5.74, 6) is 0. The first-order chi connectivity index (χ1) is 13.3. The third-order valence-corrected chi connectivity index (χ3v) is 6.18. The van der Waals surface area contributed by atoms with Crippen molar-refractivity contribution in [2.45, 2.75) is 56.7 Å². The van der Waals surface area contributed by atoms with Crippen LogP contribution in [0.5, 0.6) is 0 Å². The third kappa shape index (κ3) is 3.87. The van der Waals surface area contributed by atoms with Gasteiger partial charge in [-0.15, -0.1) is 0 Å². The summed E-state index contributed by atoms with van der Waals surface area (Å²) >= 11 is 5.64. The van der Waals surface area contributed by atoms with Gasteiger partial charge in [-0.25, -0.2) is 0 Å². The van der Waals surface area contributed by atoms with E-state index >= 15 is 0 Å². The monoisotopic (exact) mass is 384 g/mol. The van der Waals surface area contributed by atoms with Crippen LogP contribution in [0.25, 0.3) is 0 Å². The maximum Gasteiger partial charge on any atom is 0.170 e. The molecule has 2 aromatic heterocycles. The molecule has 1 aliphatic carbocycles. The molecule has 4 rings (SSSR count). The molecule has 0 aromatic carbocycles. The summed E-state index contributed by atoms with van der Waals surface area (Å²) in [5, 5.41) is 13.5. The Morgan fingerprint density at radius 2 is 2.04 bits per heavy atom. The number of aliphatic hydroxyl groups is 1. The van der Waals surface area contributed by atoms with Crippen LogP contribution in [-0.2, 0) is 0 Å². The van der Waals surface area contributed by atoms with Gasteiger partial charge < -0.3 is 19.9 Å². The van der Waals surface area contributed by atoms with Gasteiger partial charge in [0.2, 0.25) is 0 Å². The van der Waals surface area contributed by atoms with Crippen molar-refractivity contribution >= 4 is 17.3 Å². The second kappa shape index (κ2) is 8.40. The molecule has 0 bridgehead atoms. The molecule has 0 spiro atoms. The van der Waals surface area contributed by atoms with Crippen LogP contribution in [0.1, 0.15) is 67.9 Å². The number of aliphatic hydroxyl groups excluding tert-OH is 1. The second-order valence-electron chi connectivity index (χ2n) is 7.58. The number of aromatic nitrogens is 2. The summed E-state index contributed by atoms with van der Waals surface area (Å²) < 4.78 is 2.40. The van der Waals surface area contributed by atoms with Gasteiger partial charge in [0.1, 0.15) is 0 Å². The first-order valence-electron chi connectivity index (χ1n) is 10.0. The van der Waals surface area contributed by atoms with Crippen LogP contribution in [0.2, 0.25) is 0 Å². The van der Waals surface area contributed by atoms with E-state index < -0.39 is 0 Å². The SMILES string of the molecule is OCCCN1C(=S)N[C@H](c2ccccn2)[C@@H]1c1ccn(C2CCCCC2)c1. The zero-order valence-electron chi connectivity index (χ0n) is 15.6. The van der Waals surface area contributed by atoms with Gasteiger partial charge in [0.05, 0.1) is 17.8 Å². The van der Waals surface area contributed by atoms with E-state index in [9.17, 15) is 5.11 Å². The molecule has 2 fully saturated rings. The summed E-state index contributed by atoms with van der Waals surface area (Å²) in [5.41, 5.74) is 2.27. The van der Waals surface area contributed by atoms with Gasteiger partial charge in [0.25, 0.3) is 0 Å². The largest absolute Gasteiger partial charge is 0.396 e. The van der Waals surface area contributed by atoms with Gasteiger partial charge >= 0.3 is 0 Å². The first-order valence-corrected chi connectivity index (χ1v) is 10.4. The van der Waals surface area contributed by atoms with Crippen LogP contribution in [0.15, 0.2) is 42.9 Å². The molecule has 144 valence electrons. The molecule has 1 saturated heterocycles. The van der Waals surface area contributed by atoms with Crippen molar-refractivity contribution in [1.82, 2.24) is 19.8 Å². The Labute approximate surface area is 166 Å². The summed E-state index contributed by atoms with van der Waals surface area (Å²) in [6.07, 6.45) is 13.6. The zero-order valence-corrected chi connectivity index (χ0v) is 16.4. The molecule has 2 aliphatic rings. The lowest BCUT2D eigenvalue weighted by Gasteiger charge is -2.27. The smallest absolute Gasteiger partial charge is 0.170 e. The lowest BCUT2D eigenvalue weighted by Crippen LogP contribution is -2.31. The Kier molecular flexibility index (Phi) is 5.74. The van der Waals surface area contributed by atoms with Crippen LogP contribution in [-0.4, -0.2) is 37.8 Å². The molecule has 1 aliphatic heterocycles. The molecule has 2 atom stereocenters. The molecule has 0 unspecified atom stereocenters. The molecule has 6 heteroatoms. The van der Waals surface area contributed by atoms with Gasteiger partial charge in [0.15, 0.2) is 5.11 Å². The highest BCUT2D eigenvalue weighted by atomic mass is 32.1. The summed E-state index contributed by atoms with van der Waals surface area (Å²) in [4.78, 5) is 6.79. The van der Waals surface area contributed by atoms with E-state index in [1.54, 1.807) is 0 Å². The van der Waals surface area contributed by atoms with Crippen LogP contribution in [0, 0.1) is 0 Å². The molecular formula is C21H28N4OS. The van der Waals surface area contributed by atoms with Gasteiger partial charge in [-0.3, -0.25) is 4.98 Å². The molecule has 5 nitrogen and oxygen atoms in total. The normalized spacial score (nSPS) is 23.6. The summed E-state index contributed by atoms with van der Waals surface area (Å²) in [6.45, 7) is 0.911. The van der Waals surface area contributed by atoms with Crippen LogP contribution >= 0.6 is 12.2 Å². The molecule has 3 heterocycles. The average molecular weight is 385 g/mol. The van der Waals surface area contributed by atoms with Crippen molar-refractivity contribution < 1.29 is 5.11 Å². The van der Waals surface area contributed by atoms with E-state index in [-0.39, 0.29) is 18.7 Å². The quantitative estimate of drug-likeness (QED) is 0.743.